The number of carbonyl (C=O) groups is 1. The third kappa shape index (κ3) is 4.66. The molecule has 0 radical (unpaired) electrons. The molecule has 27 heavy (non-hydrogen) atoms. The number of primary sulfonamides is 1. The van der Waals surface area contributed by atoms with E-state index in [-0.39, 0.29) is 11.7 Å². The van der Waals surface area contributed by atoms with Gasteiger partial charge in [-0.25, -0.2) is 13.6 Å². The van der Waals surface area contributed by atoms with E-state index in [1.54, 1.807) is 30.5 Å². The van der Waals surface area contributed by atoms with E-state index < -0.39 is 10.0 Å². The van der Waals surface area contributed by atoms with Crippen LogP contribution in [0.25, 0.3) is 0 Å². The maximum absolute atomic E-state index is 12.7. The Morgan fingerprint density at radius 2 is 1.89 bits per heavy atom. The van der Waals surface area contributed by atoms with Crippen LogP contribution < -0.4 is 10.5 Å². The zero-order valence-corrected chi connectivity index (χ0v) is 15.9. The Morgan fingerprint density at radius 1 is 1.19 bits per heavy atom. The lowest BCUT2D eigenvalue weighted by Gasteiger charge is -2.09. The average molecular weight is 387 g/mol. The van der Waals surface area contributed by atoms with Gasteiger partial charge in [-0.1, -0.05) is 12.1 Å². The maximum Gasteiger partial charge on any atom is 0.257 e. The fraction of sp³-hybridized carbons (Fsp3) is 0.211. The van der Waals surface area contributed by atoms with Crippen LogP contribution in [-0.4, -0.2) is 18.9 Å². The van der Waals surface area contributed by atoms with Gasteiger partial charge in [0.2, 0.25) is 10.0 Å². The monoisotopic (exact) mass is 387 g/mol. The Bertz CT molecular complexity index is 1050. The summed E-state index contributed by atoms with van der Waals surface area (Å²) in [5.74, 6) is 0.344. The molecule has 0 saturated heterocycles. The van der Waals surface area contributed by atoms with Crippen LogP contribution in [0.3, 0.4) is 0 Å². The van der Waals surface area contributed by atoms with Gasteiger partial charge in [-0.05, 0) is 49.7 Å². The molecule has 0 atom stereocenters. The van der Waals surface area contributed by atoms with E-state index in [0.29, 0.717) is 23.4 Å². The molecule has 0 saturated carbocycles. The minimum absolute atomic E-state index is 0.229. The molecule has 142 valence electrons. The zero-order chi connectivity index (χ0) is 19.6. The second kappa shape index (κ2) is 7.42. The predicted molar refractivity (Wildman–Crippen MR) is 103 cm³/mol. The molecule has 7 nitrogen and oxygen atoms in total. The van der Waals surface area contributed by atoms with E-state index in [1.165, 1.54) is 0 Å². The number of hydrogen-bond acceptors (Lipinski definition) is 4. The smallest absolute Gasteiger partial charge is 0.257 e. The van der Waals surface area contributed by atoms with Gasteiger partial charge in [-0.2, -0.15) is 0 Å². The third-order valence-corrected chi connectivity index (χ3v) is 5.03. The number of nitrogens with two attached hydrogens (primary N) is 1. The van der Waals surface area contributed by atoms with E-state index in [9.17, 15) is 13.2 Å². The number of carbonyl (C=O) groups excluding carboxylic acids is 1. The van der Waals surface area contributed by atoms with Crippen molar-refractivity contribution >= 4 is 21.6 Å². The lowest BCUT2D eigenvalue weighted by atomic mass is 10.2. The molecule has 8 heteroatoms. The van der Waals surface area contributed by atoms with Gasteiger partial charge in [0.25, 0.3) is 5.91 Å². The molecule has 3 rings (SSSR count). The highest BCUT2D eigenvalue weighted by molar-refractivity contribution is 7.88. The lowest BCUT2D eigenvalue weighted by molar-refractivity contribution is 0.102. The molecular weight excluding hydrogens is 366 g/mol. The number of benzene rings is 1. The number of aromatic nitrogens is 1. The van der Waals surface area contributed by atoms with Crippen molar-refractivity contribution in [3.63, 3.8) is 0 Å². The van der Waals surface area contributed by atoms with Crippen molar-refractivity contribution in [3.8, 4) is 0 Å². The summed E-state index contributed by atoms with van der Waals surface area (Å²) in [5, 5.41) is 7.87. The van der Waals surface area contributed by atoms with E-state index in [4.69, 9.17) is 9.56 Å². The highest BCUT2D eigenvalue weighted by atomic mass is 32.2. The number of hydrogen-bond donors (Lipinski definition) is 2. The van der Waals surface area contributed by atoms with Gasteiger partial charge in [0, 0.05) is 17.1 Å². The van der Waals surface area contributed by atoms with Gasteiger partial charge in [-0.15, -0.1) is 0 Å². The maximum atomic E-state index is 12.7. The average Bonchev–Trinajstić information content (AvgIpc) is 3.19. The van der Waals surface area contributed by atoms with Gasteiger partial charge in [0.05, 0.1) is 24.1 Å². The molecule has 0 aliphatic carbocycles. The number of nitrogens with zero attached hydrogens (tertiary/aromatic N) is 1. The molecule has 3 N–H and O–H groups in total. The summed E-state index contributed by atoms with van der Waals surface area (Å²) in [6, 6.07) is 12.1. The molecule has 0 unspecified atom stereocenters. The second-order valence-electron chi connectivity index (χ2n) is 6.41. The highest BCUT2D eigenvalue weighted by Crippen LogP contribution is 2.19. The van der Waals surface area contributed by atoms with E-state index in [0.717, 1.165) is 17.1 Å². The molecule has 0 aliphatic rings. The van der Waals surface area contributed by atoms with Crippen molar-refractivity contribution < 1.29 is 17.6 Å². The first-order valence-electron chi connectivity index (χ1n) is 8.33. The van der Waals surface area contributed by atoms with Gasteiger partial charge >= 0.3 is 0 Å². The van der Waals surface area contributed by atoms with Gasteiger partial charge in [0.1, 0.15) is 5.76 Å². The SMILES string of the molecule is Cc1cc(C(=O)Nc2ccc(CS(N)(=O)=O)cc2)c(C)n1Cc1ccco1. The first-order valence-corrected chi connectivity index (χ1v) is 10.0. The number of nitrogens with one attached hydrogen (secondary N) is 1. The normalized spacial score (nSPS) is 11.5. The quantitative estimate of drug-likeness (QED) is 0.678. The molecule has 0 spiro atoms. The van der Waals surface area contributed by atoms with Crippen molar-refractivity contribution in [2.75, 3.05) is 5.32 Å². The van der Waals surface area contributed by atoms with Crippen LogP contribution >= 0.6 is 0 Å². The van der Waals surface area contributed by atoms with Crippen LogP contribution in [0.2, 0.25) is 0 Å². The largest absolute Gasteiger partial charge is 0.467 e. The molecule has 1 amide bonds. The number of sulfonamides is 1. The summed E-state index contributed by atoms with van der Waals surface area (Å²) in [7, 11) is -3.58. The molecule has 0 aliphatic heterocycles. The standard InChI is InChI=1S/C19H21N3O4S/c1-13-10-18(14(2)22(13)11-17-4-3-9-26-17)19(23)21-16-7-5-15(6-8-16)12-27(20,24)25/h3-10H,11-12H2,1-2H3,(H,21,23)(H2,20,24,25). The molecular formula is C19H21N3O4S. The predicted octanol–water partition coefficient (Wildman–Crippen LogP) is 2.79. The van der Waals surface area contributed by atoms with Crippen molar-refractivity contribution in [2.45, 2.75) is 26.1 Å². The Balaban J connectivity index is 1.74. The van der Waals surface area contributed by atoms with E-state index in [1.807, 2.05) is 36.6 Å². The lowest BCUT2D eigenvalue weighted by Crippen LogP contribution is -2.15. The van der Waals surface area contributed by atoms with Crippen LogP contribution in [0, 0.1) is 13.8 Å². The van der Waals surface area contributed by atoms with Crippen molar-refractivity contribution in [2.24, 2.45) is 5.14 Å². The summed E-state index contributed by atoms with van der Waals surface area (Å²) < 4.78 is 29.7. The Morgan fingerprint density at radius 3 is 2.48 bits per heavy atom. The van der Waals surface area contributed by atoms with Crippen molar-refractivity contribution in [3.05, 3.63) is 77.0 Å². The first kappa shape index (κ1) is 18.9. The molecule has 0 fully saturated rings. The summed E-state index contributed by atoms with van der Waals surface area (Å²) in [5.41, 5.74) is 3.51. The van der Waals surface area contributed by atoms with Gasteiger partial charge in [0.15, 0.2) is 0 Å². The zero-order valence-electron chi connectivity index (χ0n) is 15.1. The Hall–Kier alpha value is -2.84. The van der Waals surface area contributed by atoms with Crippen LogP contribution in [0.1, 0.15) is 33.1 Å². The Labute approximate surface area is 157 Å². The van der Waals surface area contributed by atoms with Crippen LogP contribution in [0.5, 0.6) is 0 Å². The van der Waals surface area contributed by atoms with Crippen LogP contribution in [0.15, 0.2) is 53.1 Å². The topological polar surface area (TPSA) is 107 Å². The van der Waals surface area contributed by atoms with E-state index in [2.05, 4.69) is 5.32 Å². The summed E-state index contributed by atoms with van der Waals surface area (Å²) in [4.78, 5) is 12.7. The van der Waals surface area contributed by atoms with E-state index >= 15 is 0 Å². The molecule has 0 bridgehead atoms. The minimum Gasteiger partial charge on any atom is -0.467 e. The minimum atomic E-state index is -3.58. The van der Waals surface area contributed by atoms with Crippen molar-refractivity contribution in [1.82, 2.24) is 4.57 Å². The molecule has 1 aromatic carbocycles. The fourth-order valence-corrected chi connectivity index (χ4v) is 3.60. The highest BCUT2D eigenvalue weighted by Gasteiger charge is 2.17. The number of furan rings is 1. The molecule has 2 heterocycles. The second-order valence-corrected chi connectivity index (χ2v) is 8.02. The third-order valence-electron chi connectivity index (χ3n) is 4.29. The van der Waals surface area contributed by atoms with Gasteiger partial charge in [-0.3, -0.25) is 4.79 Å². The number of rotatable bonds is 6. The van der Waals surface area contributed by atoms with Crippen LogP contribution in [-0.2, 0) is 22.3 Å². The number of aryl methyl sites for hydroxylation is 1. The van der Waals surface area contributed by atoms with Crippen LogP contribution in [0.4, 0.5) is 5.69 Å². The Kier molecular flexibility index (Phi) is 5.20. The molecule has 2 aromatic heterocycles. The van der Waals surface area contributed by atoms with Gasteiger partial charge < -0.3 is 14.3 Å². The number of anilines is 1. The summed E-state index contributed by atoms with van der Waals surface area (Å²) in [6.45, 7) is 4.38. The first-order chi connectivity index (χ1) is 12.7. The van der Waals surface area contributed by atoms with Crippen molar-refractivity contribution in [1.29, 1.82) is 0 Å². The summed E-state index contributed by atoms with van der Waals surface area (Å²) >= 11 is 0. The fourth-order valence-electron chi connectivity index (χ4n) is 2.95. The summed E-state index contributed by atoms with van der Waals surface area (Å²) in [6.07, 6.45) is 1.62. The number of amides is 1. The molecule has 3 aromatic rings.